The van der Waals surface area contributed by atoms with Crippen LogP contribution in [0.1, 0.15) is 46.5 Å². The minimum absolute atomic E-state index is 0.0217. The number of ether oxygens (including phenoxy) is 2. The second-order valence-corrected chi connectivity index (χ2v) is 6.38. The van der Waals surface area contributed by atoms with Crippen LogP contribution in [0.2, 0.25) is 0 Å². The van der Waals surface area contributed by atoms with Crippen molar-refractivity contribution in [2.75, 3.05) is 13.2 Å². The number of nitrogens with one attached hydrogen (secondary N) is 1. The van der Waals surface area contributed by atoms with Gasteiger partial charge in [0.1, 0.15) is 0 Å². The topological polar surface area (TPSA) is 73.6 Å². The first-order valence-electron chi connectivity index (χ1n) is 6.60. The van der Waals surface area contributed by atoms with Crippen molar-refractivity contribution in [2.45, 2.75) is 63.3 Å². The Labute approximate surface area is 108 Å². The second-order valence-electron chi connectivity index (χ2n) is 6.38. The fraction of sp³-hybridized carbons (Fsp3) is 0.923. The smallest absolute Gasteiger partial charge is 0.217 e. The van der Waals surface area contributed by atoms with E-state index in [0.717, 1.165) is 25.7 Å². The maximum atomic E-state index is 11.2. The van der Waals surface area contributed by atoms with Crippen LogP contribution < -0.4 is 11.1 Å². The molecule has 1 aliphatic carbocycles. The first-order valence-corrected chi connectivity index (χ1v) is 6.60. The summed E-state index contributed by atoms with van der Waals surface area (Å²) in [5.41, 5.74) is 5.46. The van der Waals surface area contributed by atoms with Gasteiger partial charge in [-0.15, -0.1) is 0 Å². The van der Waals surface area contributed by atoms with Gasteiger partial charge >= 0.3 is 0 Å². The maximum absolute atomic E-state index is 11.2. The summed E-state index contributed by atoms with van der Waals surface area (Å²) in [5.74, 6) is -0.454. The highest BCUT2D eigenvalue weighted by molar-refractivity contribution is 5.73. The molecule has 1 saturated heterocycles. The van der Waals surface area contributed by atoms with E-state index in [1.807, 2.05) is 6.92 Å². The molecule has 104 valence electrons. The quantitative estimate of drug-likeness (QED) is 0.731. The third-order valence-electron chi connectivity index (χ3n) is 3.92. The second kappa shape index (κ2) is 4.47. The van der Waals surface area contributed by atoms with E-state index in [0.29, 0.717) is 13.2 Å². The highest BCUT2D eigenvalue weighted by Gasteiger charge is 2.46. The molecule has 2 fully saturated rings. The number of amides is 1. The number of nitrogens with two attached hydrogens (primary N) is 1. The zero-order chi connectivity index (χ0) is 13.4. The van der Waals surface area contributed by atoms with Crippen LogP contribution in [0.15, 0.2) is 0 Å². The number of carbonyl (C=O) groups is 1. The van der Waals surface area contributed by atoms with Crippen LogP contribution in [0.4, 0.5) is 0 Å². The Kier molecular flexibility index (Phi) is 3.42. The summed E-state index contributed by atoms with van der Waals surface area (Å²) >= 11 is 0. The van der Waals surface area contributed by atoms with Crippen LogP contribution in [0.25, 0.3) is 0 Å². The molecule has 18 heavy (non-hydrogen) atoms. The lowest BCUT2D eigenvalue weighted by Gasteiger charge is -2.49. The van der Waals surface area contributed by atoms with E-state index in [2.05, 4.69) is 12.2 Å². The fourth-order valence-corrected chi connectivity index (χ4v) is 2.70. The van der Waals surface area contributed by atoms with Gasteiger partial charge in [0.2, 0.25) is 5.91 Å². The molecule has 1 saturated carbocycles. The summed E-state index contributed by atoms with van der Waals surface area (Å²) in [6.45, 7) is 6.64. The van der Waals surface area contributed by atoms with Gasteiger partial charge in [-0.05, 0) is 26.7 Å². The summed E-state index contributed by atoms with van der Waals surface area (Å²) in [5, 5.41) is 3.02. The molecule has 5 nitrogen and oxygen atoms in total. The van der Waals surface area contributed by atoms with Crippen LogP contribution >= 0.6 is 0 Å². The van der Waals surface area contributed by atoms with Crippen molar-refractivity contribution < 1.29 is 14.3 Å². The van der Waals surface area contributed by atoms with Gasteiger partial charge in [-0.2, -0.15) is 0 Å². The van der Waals surface area contributed by atoms with Crippen molar-refractivity contribution in [2.24, 2.45) is 5.73 Å². The average Bonchev–Trinajstić information content (AvgIpc) is 2.26. The molecule has 3 N–H and O–H groups in total. The third-order valence-corrected chi connectivity index (χ3v) is 3.92. The zero-order valence-electron chi connectivity index (χ0n) is 11.5. The molecule has 1 amide bonds. The lowest BCUT2D eigenvalue weighted by Crippen LogP contribution is -2.60. The van der Waals surface area contributed by atoms with Crippen LogP contribution in [0.5, 0.6) is 0 Å². The normalized spacial score (nSPS) is 44.9. The molecule has 5 heteroatoms. The SMILES string of the molecule is CC(=O)NC1(C)CCC2(CC1)OCC(C)(N)CO2. The summed E-state index contributed by atoms with van der Waals surface area (Å²) in [6.07, 6.45) is 3.35. The molecule has 0 radical (unpaired) electrons. The predicted octanol–water partition coefficient (Wildman–Crippen LogP) is 0.916. The van der Waals surface area contributed by atoms with Gasteiger partial charge in [-0.1, -0.05) is 0 Å². The van der Waals surface area contributed by atoms with Gasteiger partial charge in [0.25, 0.3) is 0 Å². The number of hydrogen-bond donors (Lipinski definition) is 2. The van der Waals surface area contributed by atoms with E-state index in [9.17, 15) is 4.79 Å². The Balaban J connectivity index is 1.92. The van der Waals surface area contributed by atoms with E-state index in [1.54, 1.807) is 6.92 Å². The van der Waals surface area contributed by atoms with E-state index in [-0.39, 0.29) is 17.0 Å². The molecule has 1 spiro atoms. The van der Waals surface area contributed by atoms with E-state index >= 15 is 0 Å². The lowest BCUT2D eigenvalue weighted by atomic mass is 9.79. The Hall–Kier alpha value is -0.650. The lowest BCUT2D eigenvalue weighted by molar-refractivity contribution is -0.300. The highest BCUT2D eigenvalue weighted by atomic mass is 16.7. The molecule has 1 aliphatic heterocycles. The molecule has 2 rings (SSSR count). The largest absolute Gasteiger partial charge is 0.351 e. The van der Waals surface area contributed by atoms with Crippen molar-refractivity contribution in [3.05, 3.63) is 0 Å². The molecule has 0 aromatic heterocycles. The van der Waals surface area contributed by atoms with E-state index in [4.69, 9.17) is 15.2 Å². The van der Waals surface area contributed by atoms with Crippen molar-refractivity contribution in [1.29, 1.82) is 0 Å². The maximum Gasteiger partial charge on any atom is 0.217 e. The average molecular weight is 256 g/mol. The predicted molar refractivity (Wildman–Crippen MR) is 67.9 cm³/mol. The summed E-state index contributed by atoms with van der Waals surface area (Å²) < 4.78 is 11.7. The zero-order valence-corrected chi connectivity index (χ0v) is 11.5. The van der Waals surface area contributed by atoms with Gasteiger partial charge in [0, 0.05) is 25.3 Å². The number of carbonyl (C=O) groups excluding carboxylic acids is 1. The Morgan fingerprint density at radius 1 is 1.11 bits per heavy atom. The standard InChI is InChI=1S/C13H24N2O3/c1-10(16)15-12(3)4-6-13(7-5-12)17-8-11(2,14)9-18-13/h4-9,14H2,1-3H3,(H,15,16). The van der Waals surface area contributed by atoms with E-state index in [1.165, 1.54) is 0 Å². The van der Waals surface area contributed by atoms with Crippen molar-refractivity contribution >= 4 is 5.91 Å². The van der Waals surface area contributed by atoms with Gasteiger partial charge in [0.05, 0.1) is 18.8 Å². The van der Waals surface area contributed by atoms with Gasteiger partial charge in [-0.3, -0.25) is 4.79 Å². The monoisotopic (exact) mass is 256 g/mol. The van der Waals surface area contributed by atoms with Crippen molar-refractivity contribution in [1.82, 2.24) is 5.32 Å². The Morgan fingerprint density at radius 2 is 1.61 bits per heavy atom. The summed E-state index contributed by atoms with van der Waals surface area (Å²) in [7, 11) is 0. The molecule has 0 unspecified atom stereocenters. The summed E-state index contributed by atoms with van der Waals surface area (Å²) in [6, 6.07) is 0. The van der Waals surface area contributed by atoms with Crippen LogP contribution in [0, 0.1) is 0 Å². The number of rotatable bonds is 1. The minimum atomic E-state index is -0.475. The van der Waals surface area contributed by atoms with Crippen LogP contribution in [0.3, 0.4) is 0 Å². The third kappa shape index (κ3) is 3.02. The van der Waals surface area contributed by atoms with Gasteiger partial charge in [0.15, 0.2) is 5.79 Å². The fourth-order valence-electron chi connectivity index (χ4n) is 2.70. The first kappa shape index (κ1) is 13.8. The van der Waals surface area contributed by atoms with Crippen molar-refractivity contribution in [3.63, 3.8) is 0 Å². The van der Waals surface area contributed by atoms with Gasteiger partial charge in [-0.25, -0.2) is 0 Å². The molecule has 0 atom stereocenters. The summed E-state index contributed by atoms with van der Waals surface area (Å²) in [4.78, 5) is 11.2. The molecule has 0 aromatic rings. The van der Waals surface area contributed by atoms with Crippen LogP contribution in [-0.4, -0.2) is 36.0 Å². The first-order chi connectivity index (χ1) is 8.24. The molecule has 2 aliphatic rings. The Bertz CT molecular complexity index is 321. The van der Waals surface area contributed by atoms with Gasteiger partial charge < -0.3 is 20.5 Å². The molecule has 0 bridgehead atoms. The highest BCUT2D eigenvalue weighted by Crippen LogP contribution is 2.40. The van der Waals surface area contributed by atoms with Crippen molar-refractivity contribution in [3.8, 4) is 0 Å². The Morgan fingerprint density at radius 3 is 2.06 bits per heavy atom. The molecular formula is C13H24N2O3. The minimum Gasteiger partial charge on any atom is -0.351 e. The van der Waals surface area contributed by atoms with E-state index < -0.39 is 5.79 Å². The van der Waals surface area contributed by atoms with Crippen LogP contribution in [-0.2, 0) is 14.3 Å². The number of hydrogen-bond acceptors (Lipinski definition) is 4. The molecule has 0 aromatic carbocycles. The molecular weight excluding hydrogens is 232 g/mol. The molecule has 1 heterocycles.